The summed E-state index contributed by atoms with van der Waals surface area (Å²) in [7, 11) is 0. The van der Waals surface area contributed by atoms with Crippen LogP contribution in [0.1, 0.15) is 27.7 Å². The molecule has 23 heavy (non-hydrogen) atoms. The molecule has 6 nitrogen and oxygen atoms in total. The molecule has 3 rings (SSSR count). The summed E-state index contributed by atoms with van der Waals surface area (Å²) in [5.41, 5.74) is 1.38. The number of carbonyl (C=O) groups excluding carboxylic acids is 1. The van der Waals surface area contributed by atoms with Gasteiger partial charge in [-0.05, 0) is 39.8 Å². The number of fused-ring (bicyclic) bond motifs is 3. The molecule has 0 unspecified atom stereocenters. The van der Waals surface area contributed by atoms with E-state index in [0.717, 1.165) is 16.6 Å². The van der Waals surface area contributed by atoms with Gasteiger partial charge in [-0.1, -0.05) is 23.9 Å². The van der Waals surface area contributed by atoms with Gasteiger partial charge in [-0.2, -0.15) is 0 Å². The average Bonchev–Trinajstić information content (AvgIpc) is 2.88. The fourth-order valence-corrected chi connectivity index (χ4v) is 2.95. The number of rotatable bonds is 3. The molecule has 1 atom stereocenters. The molecule has 1 N–H and O–H groups in total. The molecule has 120 valence electrons. The quantitative estimate of drug-likeness (QED) is 0.748. The standard InChI is InChI=1S/C16H19N5OS/c1-10(14(22)19-16(2,3)4)23-15-18-13-11-7-5-6-8-12(11)17-9-21(13)20-15/h5-10H,1-4H3,(H,19,22)/t10-/m0/s1. The summed E-state index contributed by atoms with van der Waals surface area (Å²) in [6.07, 6.45) is 1.65. The van der Waals surface area contributed by atoms with Crippen LogP contribution in [0.3, 0.4) is 0 Å². The first-order valence-corrected chi connectivity index (χ1v) is 8.30. The van der Waals surface area contributed by atoms with Crippen LogP contribution in [0, 0.1) is 0 Å². The van der Waals surface area contributed by atoms with Crippen molar-refractivity contribution in [2.24, 2.45) is 0 Å². The third-order valence-corrected chi connectivity index (χ3v) is 4.16. The van der Waals surface area contributed by atoms with E-state index in [2.05, 4.69) is 20.4 Å². The Labute approximate surface area is 138 Å². The van der Waals surface area contributed by atoms with Crippen molar-refractivity contribution in [3.63, 3.8) is 0 Å². The molecule has 2 aromatic heterocycles. The van der Waals surface area contributed by atoms with Crippen LogP contribution in [0.4, 0.5) is 0 Å². The number of para-hydroxylation sites is 1. The van der Waals surface area contributed by atoms with Crippen LogP contribution >= 0.6 is 11.8 Å². The van der Waals surface area contributed by atoms with Crippen molar-refractivity contribution < 1.29 is 4.79 Å². The predicted octanol–water partition coefficient (Wildman–Crippen LogP) is 2.67. The van der Waals surface area contributed by atoms with Gasteiger partial charge in [0, 0.05) is 10.9 Å². The van der Waals surface area contributed by atoms with Gasteiger partial charge in [0.2, 0.25) is 11.1 Å². The first kappa shape index (κ1) is 15.7. The molecule has 1 amide bonds. The molecule has 0 aliphatic carbocycles. The van der Waals surface area contributed by atoms with Crippen LogP contribution in [-0.4, -0.2) is 36.3 Å². The maximum atomic E-state index is 12.2. The number of carbonyl (C=O) groups is 1. The van der Waals surface area contributed by atoms with Gasteiger partial charge in [0.1, 0.15) is 6.33 Å². The van der Waals surface area contributed by atoms with E-state index in [1.54, 1.807) is 10.8 Å². The summed E-state index contributed by atoms with van der Waals surface area (Å²) in [6, 6.07) is 7.80. The third kappa shape index (κ3) is 3.44. The Morgan fingerprint density at radius 1 is 1.30 bits per heavy atom. The molecule has 0 radical (unpaired) electrons. The second kappa shape index (κ2) is 5.81. The van der Waals surface area contributed by atoms with Crippen molar-refractivity contribution >= 4 is 34.2 Å². The molecule has 0 saturated heterocycles. The molecule has 0 saturated carbocycles. The number of hydrogen-bond acceptors (Lipinski definition) is 5. The normalized spacial score (nSPS) is 13.4. The van der Waals surface area contributed by atoms with E-state index in [4.69, 9.17) is 0 Å². The van der Waals surface area contributed by atoms with E-state index < -0.39 is 0 Å². The summed E-state index contributed by atoms with van der Waals surface area (Å²) in [5.74, 6) is -0.0238. The van der Waals surface area contributed by atoms with Gasteiger partial charge < -0.3 is 5.32 Å². The molecule has 1 aromatic carbocycles. The van der Waals surface area contributed by atoms with E-state index in [0.29, 0.717) is 5.16 Å². The Morgan fingerprint density at radius 3 is 2.78 bits per heavy atom. The van der Waals surface area contributed by atoms with Gasteiger partial charge in [-0.15, -0.1) is 5.10 Å². The lowest BCUT2D eigenvalue weighted by Gasteiger charge is -2.22. The fraction of sp³-hybridized carbons (Fsp3) is 0.375. The minimum absolute atomic E-state index is 0.0238. The van der Waals surface area contributed by atoms with Crippen molar-refractivity contribution in [3.8, 4) is 0 Å². The number of nitrogens with zero attached hydrogens (tertiary/aromatic N) is 4. The lowest BCUT2D eigenvalue weighted by atomic mass is 10.1. The first-order chi connectivity index (χ1) is 10.8. The van der Waals surface area contributed by atoms with Crippen LogP contribution in [0.15, 0.2) is 35.7 Å². The highest BCUT2D eigenvalue weighted by molar-refractivity contribution is 8.00. The molecule has 0 aliphatic rings. The van der Waals surface area contributed by atoms with Gasteiger partial charge in [0.25, 0.3) is 0 Å². The number of thioether (sulfide) groups is 1. The van der Waals surface area contributed by atoms with Gasteiger partial charge in [0.15, 0.2) is 5.65 Å². The summed E-state index contributed by atoms with van der Waals surface area (Å²) >= 11 is 1.34. The summed E-state index contributed by atoms with van der Waals surface area (Å²) in [6.45, 7) is 7.74. The second-order valence-electron chi connectivity index (χ2n) is 6.42. The number of benzene rings is 1. The molecule has 0 fully saturated rings. The summed E-state index contributed by atoms with van der Waals surface area (Å²) < 4.78 is 1.65. The first-order valence-electron chi connectivity index (χ1n) is 7.42. The van der Waals surface area contributed by atoms with E-state index in [-0.39, 0.29) is 16.7 Å². The zero-order chi connectivity index (χ0) is 16.6. The molecular weight excluding hydrogens is 310 g/mol. The van der Waals surface area contributed by atoms with Crippen molar-refractivity contribution in [2.75, 3.05) is 0 Å². The Kier molecular flexibility index (Phi) is 3.97. The highest BCUT2D eigenvalue weighted by Crippen LogP contribution is 2.23. The molecule has 0 bridgehead atoms. The number of nitrogens with one attached hydrogen (secondary N) is 1. The predicted molar refractivity (Wildman–Crippen MR) is 91.5 cm³/mol. The van der Waals surface area contributed by atoms with E-state index >= 15 is 0 Å². The van der Waals surface area contributed by atoms with Crippen LogP contribution in [0.2, 0.25) is 0 Å². The molecular formula is C16H19N5OS. The Bertz CT molecular complexity index is 868. The van der Waals surface area contributed by atoms with Crippen molar-refractivity contribution in [2.45, 2.75) is 43.6 Å². The van der Waals surface area contributed by atoms with Crippen molar-refractivity contribution in [1.82, 2.24) is 24.9 Å². The lowest BCUT2D eigenvalue weighted by Crippen LogP contribution is -2.44. The molecule has 0 aliphatic heterocycles. The van der Waals surface area contributed by atoms with Crippen LogP contribution in [0.25, 0.3) is 16.6 Å². The van der Waals surface area contributed by atoms with Gasteiger partial charge in [0.05, 0.1) is 10.8 Å². The van der Waals surface area contributed by atoms with Crippen LogP contribution < -0.4 is 5.32 Å². The Hall–Kier alpha value is -2.15. The maximum absolute atomic E-state index is 12.2. The van der Waals surface area contributed by atoms with Gasteiger partial charge in [-0.3, -0.25) is 4.79 Å². The van der Waals surface area contributed by atoms with Gasteiger partial charge >= 0.3 is 0 Å². The van der Waals surface area contributed by atoms with Gasteiger partial charge in [-0.25, -0.2) is 14.5 Å². The second-order valence-corrected chi connectivity index (χ2v) is 7.73. The zero-order valence-electron chi connectivity index (χ0n) is 13.6. The molecule has 2 heterocycles. The third-order valence-electron chi connectivity index (χ3n) is 3.21. The van der Waals surface area contributed by atoms with Crippen molar-refractivity contribution in [3.05, 3.63) is 30.6 Å². The van der Waals surface area contributed by atoms with E-state index in [1.165, 1.54) is 11.8 Å². The lowest BCUT2D eigenvalue weighted by molar-refractivity contribution is -0.121. The maximum Gasteiger partial charge on any atom is 0.233 e. The highest BCUT2D eigenvalue weighted by Gasteiger charge is 2.22. The number of amides is 1. The largest absolute Gasteiger partial charge is 0.351 e. The summed E-state index contributed by atoms with van der Waals surface area (Å²) in [4.78, 5) is 21.1. The van der Waals surface area contributed by atoms with Crippen LogP contribution in [0.5, 0.6) is 0 Å². The topological polar surface area (TPSA) is 72.2 Å². The molecule has 3 aromatic rings. The van der Waals surface area contributed by atoms with E-state index in [1.807, 2.05) is 52.0 Å². The van der Waals surface area contributed by atoms with Crippen LogP contribution in [-0.2, 0) is 4.79 Å². The van der Waals surface area contributed by atoms with E-state index in [9.17, 15) is 4.79 Å². The monoisotopic (exact) mass is 329 g/mol. The zero-order valence-corrected chi connectivity index (χ0v) is 14.4. The molecule has 7 heteroatoms. The SMILES string of the molecule is C[C@H](Sc1nc2c3ccccc3ncn2n1)C(=O)NC(C)(C)C. The minimum atomic E-state index is -0.272. The molecule has 0 spiro atoms. The smallest absolute Gasteiger partial charge is 0.233 e. The minimum Gasteiger partial charge on any atom is -0.351 e. The average molecular weight is 329 g/mol. The highest BCUT2D eigenvalue weighted by atomic mass is 32.2. The number of aromatic nitrogens is 4. The van der Waals surface area contributed by atoms with Crippen molar-refractivity contribution in [1.29, 1.82) is 0 Å². The Balaban J connectivity index is 1.86. The fourth-order valence-electron chi connectivity index (χ4n) is 2.19. The summed E-state index contributed by atoms with van der Waals surface area (Å²) in [5, 5.41) is 8.62. The Morgan fingerprint density at radius 2 is 2.04 bits per heavy atom. The number of hydrogen-bond donors (Lipinski definition) is 1.